The maximum Gasteiger partial charge on any atom is 0.120 e. The van der Waals surface area contributed by atoms with Crippen LogP contribution in [0.2, 0.25) is 0 Å². The Kier molecular flexibility index (Phi) is 7.76. The van der Waals surface area contributed by atoms with Gasteiger partial charge in [-0.05, 0) is 36.4 Å². The first-order valence-electron chi connectivity index (χ1n) is 6.63. The minimum Gasteiger partial charge on any atom is -0.508 e. The van der Waals surface area contributed by atoms with Gasteiger partial charge in [0.1, 0.15) is 18.1 Å². The summed E-state index contributed by atoms with van der Waals surface area (Å²) in [4.78, 5) is 0. The molecule has 0 atom stereocenters. The first kappa shape index (κ1) is 17.2. The standard InChI is InChI=1S/C11H12O2.C8H6O/c1-3-10-5-4-6-11(9-10)13-8-7-12-2;1-2-7-4-3-5-8(9)6-7/h1,4-6,9H,7-8H2,2H3;1,3-6,9H. The van der Waals surface area contributed by atoms with Crippen molar-refractivity contribution in [1.82, 2.24) is 0 Å². The molecule has 0 spiro atoms. The molecule has 2 aromatic carbocycles. The van der Waals surface area contributed by atoms with E-state index >= 15 is 0 Å². The Morgan fingerprint density at radius 1 is 0.955 bits per heavy atom. The second-order valence-electron chi connectivity index (χ2n) is 4.21. The van der Waals surface area contributed by atoms with E-state index in [4.69, 9.17) is 27.4 Å². The van der Waals surface area contributed by atoms with Gasteiger partial charge < -0.3 is 14.6 Å². The number of rotatable bonds is 4. The van der Waals surface area contributed by atoms with Crippen LogP contribution in [0.3, 0.4) is 0 Å². The average Bonchev–Trinajstić information content (AvgIpc) is 2.56. The number of phenols is 1. The largest absolute Gasteiger partial charge is 0.508 e. The average molecular weight is 294 g/mol. The fourth-order valence-corrected chi connectivity index (χ4v) is 1.51. The second-order valence-corrected chi connectivity index (χ2v) is 4.21. The quantitative estimate of drug-likeness (QED) is 0.696. The number of aromatic hydroxyl groups is 1. The molecule has 0 saturated heterocycles. The van der Waals surface area contributed by atoms with Gasteiger partial charge in [0, 0.05) is 18.2 Å². The summed E-state index contributed by atoms with van der Waals surface area (Å²) in [5.74, 6) is 5.95. The first-order valence-corrected chi connectivity index (χ1v) is 6.63. The van der Waals surface area contributed by atoms with Gasteiger partial charge in [-0.2, -0.15) is 0 Å². The Morgan fingerprint density at radius 2 is 1.59 bits per heavy atom. The summed E-state index contributed by atoms with van der Waals surface area (Å²) < 4.78 is 10.2. The van der Waals surface area contributed by atoms with Gasteiger partial charge in [0.25, 0.3) is 0 Å². The van der Waals surface area contributed by atoms with Gasteiger partial charge in [-0.15, -0.1) is 12.8 Å². The van der Waals surface area contributed by atoms with E-state index in [9.17, 15) is 0 Å². The molecule has 0 bridgehead atoms. The second kappa shape index (κ2) is 9.94. The zero-order chi connectivity index (χ0) is 16.2. The summed E-state index contributed by atoms with van der Waals surface area (Å²) in [5.41, 5.74) is 1.53. The summed E-state index contributed by atoms with van der Waals surface area (Å²) >= 11 is 0. The third-order valence-electron chi connectivity index (χ3n) is 2.57. The molecule has 0 aromatic heterocycles. The normalized spacial score (nSPS) is 8.86. The Morgan fingerprint density at radius 3 is 2.14 bits per heavy atom. The Bertz CT molecular complexity index is 663. The zero-order valence-corrected chi connectivity index (χ0v) is 12.5. The van der Waals surface area contributed by atoms with Crippen molar-refractivity contribution in [1.29, 1.82) is 0 Å². The summed E-state index contributed by atoms with van der Waals surface area (Å²) in [6, 6.07) is 14.0. The van der Waals surface area contributed by atoms with Crippen LogP contribution in [-0.2, 0) is 4.74 Å². The molecule has 3 heteroatoms. The molecule has 2 aromatic rings. The first-order chi connectivity index (χ1) is 10.7. The fraction of sp³-hybridized carbons (Fsp3) is 0.158. The lowest BCUT2D eigenvalue weighted by Gasteiger charge is -2.04. The van der Waals surface area contributed by atoms with Gasteiger partial charge in [0.15, 0.2) is 0 Å². The molecular weight excluding hydrogens is 276 g/mol. The topological polar surface area (TPSA) is 38.7 Å². The zero-order valence-electron chi connectivity index (χ0n) is 12.5. The lowest BCUT2D eigenvalue weighted by atomic mass is 10.2. The van der Waals surface area contributed by atoms with Gasteiger partial charge in [-0.1, -0.05) is 24.0 Å². The molecule has 0 heterocycles. The van der Waals surface area contributed by atoms with Crippen LogP contribution >= 0.6 is 0 Å². The number of ether oxygens (including phenoxy) is 2. The number of phenolic OH excluding ortho intramolecular Hbond substituents is 1. The number of hydrogen-bond acceptors (Lipinski definition) is 3. The fourth-order valence-electron chi connectivity index (χ4n) is 1.51. The van der Waals surface area contributed by atoms with Crippen LogP contribution in [0.5, 0.6) is 11.5 Å². The highest BCUT2D eigenvalue weighted by Crippen LogP contribution is 2.12. The molecule has 112 valence electrons. The van der Waals surface area contributed by atoms with Crippen LogP contribution in [0, 0.1) is 24.7 Å². The Hall–Kier alpha value is -2.88. The van der Waals surface area contributed by atoms with Gasteiger partial charge in [-0.3, -0.25) is 0 Å². The predicted octanol–water partition coefficient (Wildman–Crippen LogP) is 3.07. The Balaban J connectivity index is 0.000000235. The maximum absolute atomic E-state index is 8.85. The predicted molar refractivity (Wildman–Crippen MR) is 87.8 cm³/mol. The van der Waals surface area contributed by atoms with Crippen molar-refractivity contribution < 1.29 is 14.6 Å². The molecule has 0 aliphatic heterocycles. The molecule has 0 saturated carbocycles. The molecule has 0 aliphatic rings. The summed E-state index contributed by atoms with van der Waals surface area (Å²) in [6.45, 7) is 1.13. The third kappa shape index (κ3) is 6.52. The van der Waals surface area contributed by atoms with E-state index in [0.29, 0.717) is 18.8 Å². The molecule has 1 N–H and O–H groups in total. The highest BCUT2D eigenvalue weighted by molar-refractivity contribution is 5.38. The van der Waals surface area contributed by atoms with E-state index in [1.165, 1.54) is 0 Å². The molecule has 2 rings (SSSR count). The molecule has 0 amide bonds. The van der Waals surface area contributed by atoms with Crippen LogP contribution in [0.15, 0.2) is 48.5 Å². The monoisotopic (exact) mass is 294 g/mol. The van der Waals surface area contributed by atoms with Gasteiger partial charge >= 0.3 is 0 Å². The van der Waals surface area contributed by atoms with E-state index in [2.05, 4.69) is 11.8 Å². The number of methoxy groups -OCH3 is 1. The molecule has 0 radical (unpaired) electrons. The van der Waals surface area contributed by atoms with Crippen molar-refractivity contribution in [2.75, 3.05) is 20.3 Å². The van der Waals surface area contributed by atoms with Crippen molar-refractivity contribution in [3.05, 3.63) is 59.7 Å². The van der Waals surface area contributed by atoms with Gasteiger partial charge in [0.05, 0.1) is 6.61 Å². The molecule has 22 heavy (non-hydrogen) atoms. The summed E-state index contributed by atoms with van der Waals surface area (Å²) in [6.07, 6.45) is 10.3. The van der Waals surface area contributed by atoms with E-state index in [1.54, 1.807) is 31.4 Å². The number of hydrogen-bond donors (Lipinski definition) is 1. The van der Waals surface area contributed by atoms with Crippen LogP contribution in [0.1, 0.15) is 11.1 Å². The number of benzene rings is 2. The molecule has 0 aliphatic carbocycles. The van der Waals surface area contributed by atoms with E-state index < -0.39 is 0 Å². The highest BCUT2D eigenvalue weighted by atomic mass is 16.5. The SMILES string of the molecule is C#Cc1cccc(O)c1.C#Cc1cccc(OCCOC)c1. The smallest absolute Gasteiger partial charge is 0.120 e. The summed E-state index contributed by atoms with van der Waals surface area (Å²) in [5, 5.41) is 8.85. The van der Waals surface area contributed by atoms with Crippen molar-refractivity contribution in [2.45, 2.75) is 0 Å². The van der Waals surface area contributed by atoms with Gasteiger partial charge in [-0.25, -0.2) is 0 Å². The lowest BCUT2D eigenvalue weighted by Crippen LogP contribution is -2.04. The van der Waals surface area contributed by atoms with E-state index in [-0.39, 0.29) is 5.75 Å². The lowest BCUT2D eigenvalue weighted by molar-refractivity contribution is 0.146. The van der Waals surface area contributed by atoms with Crippen molar-refractivity contribution in [3.8, 4) is 36.2 Å². The Labute approximate surface area is 131 Å². The van der Waals surface area contributed by atoms with Crippen molar-refractivity contribution >= 4 is 0 Å². The summed E-state index contributed by atoms with van der Waals surface area (Å²) in [7, 11) is 1.64. The number of terminal acetylenes is 2. The van der Waals surface area contributed by atoms with Crippen molar-refractivity contribution in [2.24, 2.45) is 0 Å². The third-order valence-corrected chi connectivity index (χ3v) is 2.57. The van der Waals surface area contributed by atoms with Crippen LogP contribution in [0.25, 0.3) is 0 Å². The molecular formula is C19H18O3. The highest BCUT2D eigenvalue weighted by Gasteiger charge is 1.93. The molecule has 3 nitrogen and oxygen atoms in total. The van der Waals surface area contributed by atoms with Crippen LogP contribution in [0.4, 0.5) is 0 Å². The minimum absolute atomic E-state index is 0.213. The van der Waals surface area contributed by atoms with Crippen molar-refractivity contribution in [3.63, 3.8) is 0 Å². The van der Waals surface area contributed by atoms with E-state index in [1.807, 2.05) is 24.3 Å². The van der Waals surface area contributed by atoms with Gasteiger partial charge in [0.2, 0.25) is 0 Å². The van der Waals surface area contributed by atoms with E-state index in [0.717, 1.165) is 11.3 Å². The minimum atomic E-state index is 0.213. The molecule has 0 unspecified atom stereocenters. The molecule has 0 fully saturated rings. The van der Waals surface area contributed by atoms with Crippen LogP contribution in [-0.4, -0.2) is 25.4 Å². The van der Waals surface area contributed by atoms with Crippen LogP contribution < -0.4 is 4.74 Å². The maximum atomic E-state index is 8.85.